The number of hydrogen-bond donors (Lipinski definition) is 1. The maximum atomic E-state index is 5.18. The highest BCUT2D eigenvalue weighted by molar-refractivity contribution is 5.54. The number of nitrogens with one attached hydrogen (secondary N) is 1. The van der Waals surface area contributed by atoms with Crippen molar-refractivity contribution in [1.29, 1.82) is 0 Å². The zero-order chi connectivity index (χ0) is 13.5. The number of rotatable bonds is 7. The van der Waals surface area contributed by atoms with Crippen molar-refractivity contribution in [1.82, 2.24) is 15.0 Å². The normalized spacial score (nSPS) is 10.9. The Kier molecular flexibility index (Phi) is 4.92. The zero-order valence-electron chi connectivity index (χ0n) is 11.5. The van der Waals surface area contributed by atoms with Gasteiger partial charge in [-0.25, -0.2) is 0 Å². The van der Waals surface area contributed by atoms with Crippen LogP contribution in [0.3, 0.4) is 0 Å². The van der Waals surface area contributed by atoms with E-state index < -0.39 is 0 Å². The van der Waals surface area contributed by atoms with E-state index in [2.05, 4.69) is 34.2 Å². The van der Waals surface area contributed by atoms with Gasteiger partial charge in [-0.3, -0.25) is 0 Å². The molecule has 0 unspecified atom stereocenters. The number of nitrogens with zero attached hydrogens (tertiary/aromatic N) is 3. The first-order chi connectivity index (χ1) is 9.33. The van der Waals surface area contributed by atoms with E-state index in [0.717, 1.165) is 31.7 Å². The molecule has 0 aliphatic carbocycles. The lowest BCUT2D eigenvalue weighted by Crippen LogP contribution is -2.28. The fourth-order valence-corrected chi connectivity index (χ4v) is 1.86. The van der Waals surface area contributed by atoms with Crippen molar-refractivity contribution in [2.75, 3.05) is 31.5 Å². The molecule has 0 saturated carbocycles. The summed E-state index contributed by atoms with van der Waals surface area (Å²) in [4.78, 5) is 6.66. The summed E-state index contributed by atoms with van der Waals surface area (Å²) in [6.45, 7) is 8.19. The summed E-state index contributed by atoms with van der Waals surface area (Å²) in [5.74, 6) is 0.617. The van der Waals surface area contributed by atoms with Crippen LogP contribution < -0.4 is 5.32 Å². The lowest BCUT2D eigenvalue weighted by Gasteiger charge is -2.17. The van der Waals surface area contributed by atoms with Gasteiger partial charge in [0.15, 0.2) is 0 Å². The van der Waals surface area contributed by atoms with Crippen molar-refractivity contribution in [3.05, 3.63) is 30.3 Å². The Hall–Kier alpha value is -1.88. The molecular weight excluding hydrogens is 240 g/mol. The molecule has 2 aromatic rings. The molecule has 0 aliphatic heterocycles. The smallest absolute Gasteiger partial charge is 0.321 e. The monoisotopic (exact) mass is 260 g/mol. The molecule has 1 heterocycles. The molecule has 0 bridgehead atoms. The first-order valence-electron chi connectivity index (χ1n) is 6.68. The Balaban J connectivity index is 1.88. The number of likely N-dealkylation sites (N-methyl/N-ethyl adjacent to an activating group) is 1. The van der Waals surface area contributed by atoms with Crippen molar-refractivity contribution >= 4 is 6.01 Å². The average molecular weight is 260 g/mol. The molecule has 1 aromatic heterocycles. The lowest BCUT2D eigenvalue weighted by atomic mass is 10.2. The Bertz CT molecular complexity index is 479. The van der Waals surface area contributed by atoms with Gasteiger partial charge in [-0.15, -0.1) is 0 Å². The van der Waals surface area contributed by atoms with Crippen LogP contribution >= 0.6 is 0 Å². The molecule has 1 aromatic carbocycles. The van der Waals surface area contributed by atoms with Crippen LogP contribution in [0.5, 0.6) is 0 Å². The van der Waals surface area contributed by atoms with E-state index in [0.29, 0.717) is 11.8 Å². The molecule has 0 atom stereocenters. The van der Waals surface area contributed by atoms with Crippen molar-refractivity contribution < 1.29 is 4.52 Å². The van der Waals surface area contributed by atoms with E-state index in [9.17, 15) is 0 Å². The Labute approximate surface area is 113 Å². The van der Waals surface area contributed by atoms with Crippen molar-refractivity contribution in [2.45, 2.75) is 13.8 Å². The zero-order valence-corrected chi connectivity index (χ0v) is 11.5. The summed E-state index contributed by atoms with van der Waals surface area (Å²) in [6, 6.07) is 10.3. The summed E-state index contributed by atoms with van der Waals surface area (Å²) in [7, 11) is 0. The van der Waals surface area contributed by atoms with Crippen molar-refractivity contribution in [3.63, 3.8) is 0 Å². The molecule has 2 rings (SSSR count). The fourth-order valence-electron chi connectivity index (χ4n) is 1.86. The van der Waals surface area contributed by atoms with E-state index in [1.807, 2.05) is 30.3 Å². The molecule has 0 aliphatic rings. The van der Waals surface area contributed by atoms with Crippen LogP contribution in [0.4, 0.5) is 6.01 Å². The van der Waals surface area contributed by atoms with Crippen LogP contribution in [-0.2, 0) is 0 Å². The van der Waals surface area contributed by atoms with Crippen LogP contribution in [0.25, 0.3) is 11.4 Å². The summed E-state index contributed by atoms with van der Waals surface area (Å²) in [5, 5.41) is 7.11. The van der Waals surface area contributed by atoms with E-state index in [1.54, 1.807) is 0 Å². The first kappa shape index (κ1) is 13.5. The predicted molar refractivity (Wildman–Crippen MR) is 76.0 cm³/mol. The second kappa shape index (κ2) is 6.89. The molecule has 0 amide bonds. The number of anilines is 1. The number of hydrogen-bond acceptors (Lipinski definition) is 5. The van der Waals surface area contributed by atoms with Crippen LogP contribution in [-0.4, -0.2) is 41.2 Å². The van der Waals surface area contributed by atoms with Gasteiger partial charge < -0.3 is 14.7 Å². The third-order valence-electron chi connectivity index (χ3n) is 3.06. The van der Waals surface area contributed by atoms with Gasteiger partial charge in [0, 0.05) is 18.7 Å². The van der Waals surface area contributed by atoms with E-state index in [1.165, 1.54) is 0 Å². The second-order valence-corrected chi connectivity index (χ2v) is 4.24. The molecule has 0 fully saturated rings. The summed E-state index contributed by atoms with van der Waals surface area (Å²) < 4.78 is 5.18. The van der Waals surface area contributed by atoms with Crippen molar-refractivity contribution in [2.24, 2.45) is 0 Å². The minimum Gasteiger partial charge on any atom is -0.336 e. The van der Waals surface area contributed by atoms with Gasteiger partial charge in [-0.05, 0) is 13.1 Å². The fraction of sp³-hybridized carbons (Fsp3) is 0.429. The highest BCUT2D eigenvalue weighted by Gasteiger charge is 2.07. The highest BCUT2D eigenvalue weighted by Crippen LogP contribution is 2.16. The Morgan fingerprint density at radius 2 is 1.89 bits per heavy atom. The largest absolute Gasteiger partial charge is 0.336 e. The third kappa shape index (κ3) is 3.79. The minimum atomic E-state index is 0.478. The van der Waals surface area contributed by atoms with Crippen LogP contribution in [0, 0.1) is 0 Å². The molecule has 1 N–H and O–H groups in total. The van der Waals surface area contributed by atoms with Crippen LogP contribution in [0.15, 0.2) is 34.9 Å². The Morgan fingerprint density at radius 1 is 1.16 bits per heavy atom. The van der Waals surface area contributed by atoms with E-state index in [4.69, 9.17) is 4.52 Å². The average Bonchev–Trinajstić information content (AvgIpc) is 2.93. The topological polar surface area (TPSA) is 54.2 Å². The standard InChI is InChI=1S/C14H20N4O/c1-3-18(4-2)11-10-15-14-16-13(17-19-14)12-8-6-5-7-9-12/h5-9H,3-4,10-11H2,1-2H3,(H,15,16,17). The van der Waals surface area contributed by atoms with Gasteiger partial charge in [-0.1, -0.05) is 49.3 Å². The van der Waals surface area contributed by atoms with Gasteiger partial charge >= 0.3 is 6.01 Å². The minimum absolute atomic E-state index is 0.478. The van der Waals surface area contributed by atoms with Crippen LogP contribution in [0.2, 0.25) is 0 Å². The Morgan fingerprint density at radius 3 is 2.58 bits per heavy atom. The molecule has 0 spiro atoms. The molecule has 0 radical (unpaired) electrons. The summed E-state index contributed by atoms with van der Waals surface area (Å²) >= 11 is 0. The molecule has 5 heteroatoms. The molecule has 19 heavy (non-hydrogen) atoms. The molecule has 5 nitrogen and oxygen atoms in total. The van der Waals surface area contributed by atoms with Crippen molar-refractivity contribution in [3.8, 4) is 11.4 Å². The van der Waals surface area contributed by atoms with Gasteiger partial charge in [0.05, 0.1) is 0 Å². The van der Waals surface area contributed by atoms with E-state index >= 15 is 0 Å². The third-order valence-corrected chi connectivity index (χ3v) is 3.06. The predicted octanol–water partition coefficient (Wildman–Crippen LogP) is 2.49. The molecular formula is C14H20N4O. The lowest BCUT2D eigenvalue weighted by molar-refractivity contribution is 0.314. The maximum absolute atomic E-state index is 5.18. The summed E-state index contributed by atoms with van der Waals surface area (Å²) in [5.41, 5.74) is 0.961. The quantitative estimate of drug-likeness (QED) is 0.829. The van der Waals surface area contributed by atoms with Crippen LogP contribution in [0.1, 0.15) is 13.8 Å². The maximum Gasteiger partial charge on any atom is 0.321 e. The molecule has 0 saturated heterocycles. The van der Waals surface area contributed by atoms with E-state index in [-0.39, 0.29) is 0 Å². The first-order valence-corrected chi connectivity index (χ1v) is 6.68. The van der Waals surface area contributed by atoms with Gasteiger partial charge in [0.25, 0.3) is 0 Å². The SMILES string of the molecule is CCN(CC)CCNc1nc(-c2ccccc2)no1. The van der Waals surface area contributed by atoms with Gasteiger partial charge in [0.2, 0.25) is 5.82 Å². The molecule has 102 valence electrons. The second-order valence-electron chi connectivity index (χ2n) is 4.24. The van der Waals surface area contributed by atoms with Gasteiger partial charge in [0.1, 0.15) is 0 Å². The highest BCUT2D eigenvalue weighted by atomic mass is 16.5. The number of benzene rings is 1. The summed E-state index contributed by atoms with van der Waals surface area (Å²) in [6.07, 6.45) is 0. The number of aromatic nitrogens is 2. The van der Waals surface area contributed by atoms with Gasteiger partial charge in [-0.2, -0.15) is 4.98 Å².